The van der Waals surface area contributed by atoms with Crippen LogP contribution in [-0.2, 0) is 4.74 Å². The van der Waals surface area contributed by atoms with Crippen LogP contribution in [0.5, 0.6) is 0 Å². The summed E-state index contributed by atoms with van der Waals surface area (Å²) < 4.78 is 44.0. The second-order valence-electron chi connectivity index (χ2n) is 3.35. The average Bonchev–Trinajstić information content (AvgIpc) is 2.27. The van der Waals surface area contributed by atoms with E-state index >= 15 is 0 Å². The summed E-state index contributed by atoms with van der Waals surface area (Å²) in [6, 6.07) is 1.75. The summed E-state index contributed by atoms with van der Waals surface area (Å²) in [7, 11) is 0. The zero-order valence-electron chi connectivity index (χ0n) is 8.30. The van der Waals surface area contributed by atoms with Crippen molar-refractivity contribution in [1.82, 2.24) is 5.32 Å². The molecule has 90 valence electrons. The Labute approximate surface area is 97.2 Å². The molecule has 1 heterocycles. The number of benzene rings is 1. The van der Waals surface area contributed by atoms with Gasteiger partial charge in [0.2, 0.25) is 0 Å². The van der Waals surface area contributed by atoms with Gasteiger partial charge in [0.1, 0.15) is 0 Å². The van der Waals surface area contributed by atoms with E-state index in [9.17, 15) is 13.2 Å². The van der Waals surface area contributed by atoms with E-state index in [4.69, 9.17) is 4.74 Å². The summed E-state index contributed by atoms with van der Waals surface area (Å²) >= 11 is 0. The highest BCUT2D eigenvalue weighted by Crippen LogP contribution is 2.22. The number of ether oxygens (including phenoxy) is 1. The monoisotopic (exact) mass is 253 g/mol. The molecule has 0 amide bonds. The van der Waals surface area contributed by atoms with Gasteiger partial charge in [-0.25, -0.2) is 13.2 Å². The van der Waals surface area contributed by atoms with Crippen LogP contribution >= 0.6 is 12.4 Å². The second kappa shape index (κ2) is 5.52. The van der Waals surface area contributed by atoms with E-state index in [1.807, 2.05) is 0 Å². The maximum Gasteiger partial charge on any atom is 0.194 e. The molecule has 0 bridgehead atoms. The SMILES string of the molecule is Cl.Fc1ccc([C@@H]2COCCN2)c(F)c1F. The van der Waals surface area contributed by atoms with Crippen LogP contribution in [0.2, 0.25) is 0 Å². The minimum absolute atomic E-state index is 0. The standard InChI is InChI=1S/C10H10F3NO.ClH/c11-7-2-1-6(9(12)10(7)13)8-5-15-4-3-14-8;/h1-2,8,14H,3-5H2;1H/t8-;/m0./s1. The summed E-state index contributed by atoms with van der Waals surface area (Å²) in [6.07, 6.45) is 0. The Balaban J connectivity index is 0.00000128. The van der Waals surface area contributed by atoms with Crippen LogP contribution in [0.1, 0.15) is 11.6 Å². The van der Waals surface area contributed by atoms with Gasteiger partial charge >= 0.3 is 0 Å². The molecule has 0 aromatic heterocycles. The average molecular weight is 254 g/mol. The van der Waals surface area contributed by atoms with Crippen molar-refractivity contribution < 1.29 is 17.9 Å². The number of nitrogens with one attached hydrogen (secondary N) is 1. The highest BCUT2D eigenvalue weighted by molar-refractivity contribution is 5.85. The van der Waals surface area contributed by atoms with Crippen molar-refractivity contribution in [2.24, 2.45) is 0 Å². The van der Waals surface area contributed by atoms with Gasteiger partial charge in [0.05, 0.1) is 19.3 Å². The van der Waals surface area contributed by atoms with Gasteiger partial charge in [0, 0.05) is 12.1 Å². The Morgan fingerprint density at radius 2 is 1.94 bits per heavy atom. The summed E-state index contributed by atoms with van der Waals surface area (Å²) in [5.41, 5.74) is 0.105. The van der Waals surface area contributed by atoms with Gasteiger partial charge < -0.3 is 10.1 Å². The summed E-state index contributed by atoms with van der Waals surface area (Å²) in [5, 5.41) is 2.97. The second-order valence-corrected chi connectivity index (χ2v) is 3.35. The van der Waals surface area contributed by atoms with Crippen LogP contribution < -0.4 is 5.32 Å². The largest absolute Gasteiger partial charge is 0.378 e. The van der Waals surface area contributed by atoms with Gasteiger partial charge in [-0.3, -0.25) is 0 Å². The highest BCUT2D eigenvalue weighted by Gasteiger charge is 2.22. The number of hydrogen-bond donors (Lipinski definition) is 1. The van der Waals surface area contributed by atoms with E-state index in [-0.39, 0.29) is 24.6 Å². The first-order valence-electron chi connectivity index (χ1n) is 4.64. The first kappa shape index (κ1) is 13.3. The van der Waals surface area contributed by atoms with Crippen LogP contribution in [-0.4, -0.2) is 19.8 Å². The molecule has 2 nitrogen and oxygen atoms in total. The van der Waals surface area contributed by atoms with Crippen LogP contribution in [0.15, 0.2) is 12.1 Å². The minimum Gasteiger partial charge on any atom is -0.378 e. The van der Waals surface area contributed by atoms with Gasteiger partial charge in [-0.05, 0) is 6.07 Å². The molecule has 1 aromatic rings. The van der Waals surface area contributed by atoms with Crippen LogP contribution in [0.3, 0.4) is 0 Å². The van der Waals surface area contributed by atoms with E-state index < -0.39 is 23.5 Å². The van der Waals surface area contributed by atoms with E-state index in [2.05, 4.69) is 5.32 Å². The van der Waals surface area contributed by atoms with Crippen molar-refractivity contribution in [3.8, 4) is 0 Å². The molecule has 16 heavy (non-hydrogen) atoms. The van der Waals surface area contributed by atoms with Crippen molar-refractivity contribution in [2.75, 3.05) is 19.8 Å². The number of halogens is 4. The molecular weight excluding hydrogens is 243 g/mol. The van der Waals surface area contributed by atoms with Crippen LogP contribution in [0.25, 0.3) is 0 Å². The van der Waals surface area contributed by atoms with Gasteiger partial charge in [0.15, 0.2) is 17.5 Å². The Bertz CT molecular complexity index is 369. The molecule has 1 N–H and O–H groups in total. The molecule has 0 saturated carbocycles. The fourth-order valence-corrected chi connectivity index (χ4v) is 1.58. The molecule has 0 spiro atoms. The molecule has 0 aliphatic carbocycles. The van der Waals surface area contributed by atoms with Crippen molar-refractivity contribution in [3.05, 3.63) is 35.1 Å². The Kier molecular flexibility index (Phi) is 4.58. The third-order valence-electron chi connectivity index (χ3n) is 2.36. The molecule has 1 aliphatic heterocycles. The van der Waals surface area contributed by atoms with Gasteiger partial charge in [-0.2, -0.15) is 0 Å². The smallest absolute Gasteiger partial charge is 0.194 e. The molecule has 1 fully saturated rings. The highest BCUT2D eigenvalue weighted by atomic mass is 35.5. The third-order valence-corrected chi connectivity index (χ3v) is 2.36. The van der Waals surface area contributed by atoms with Crippen molar-refractivity contribution in [2.45, 2.75) is 6.04 Å². The lowest BCUT2D eigenvalue weighted by Crippen LogP contribution is -2.35. The van der Waals surface area contributed by atoms with E-state index in [0.29, 0.717) is 13.2 Å². The fourth-order valence-electron chi connectivity index (χ4n) is 1.58. The molecule has 0 radical (unpaired) electrons. The minimum atomic E-state index is -1.43. The summed E-state index contributed by atoms with van der Waals surface area (Å²) in [5.74, 6) is -3.74. The third kappa shape index (κ3) is 2.48. The lowest BCUT2D eigenvalue weighted by Gasteiger charge is -2.24. The zero-order valence-corrected chi connectivity index (χ0v) is 9.12. The van der Waals surface area contributed by atoms with Gasteiger partial charge in [0.25, 0.3) is 0 Å². The Hall–Kier alpha value is -0.780. The first-order chi connectivity index (χ1) is 7.20. The molecule has 1 atom stereocenters. The summed E-state index contributed by atoms with van der Waals surface area (Å²) in [4.78, 5) is 0. The molecule has 1 saturated heterocycles. The predicted molar refractivity (Wildman–Crippen MR) is 55.1 cm³/mol. The van der Waals surface area contributed by atoms with E-state index in [1.54, 1.807) is 0 Å². The molecule has 6 heteroatoms. The fraction of sp³-hybridized carbons (Fsp3) is 0.400. The van der Waals surface area contributed by atoms with E-state index in [0.717, 1.165) is 6.07 Å². The molecular formula is C10H11ClF3NO. The van der Waals surface area contributed by atoms with Crippen LogP contribution in [0, 0.1) is 17.5 Å². The normalized spacial score (nSPS) is 20.3. The molecule has 2 rings (SSSR count). The molecule has 1 aromatic carbocycles. The van der Waals surface area contributed by atoms with Crippen molar-refractivity contribution >= 4 is 12.4 Å². The topological polar surface area (TPSA) is 21.3 Å². The maximum absolute atomic E-state index is 13.3. The first-order valence-corrected chi connectivity index (χ1v) is 4.64. The molecule has 1 aliphatic rings. The summed E-state index contributed by atoms with van der Waals surface area (Å²) in [6.45, 7) is 1.38. The lowest BCUT2D eigenvalue weighted by molar-refractivity contribution is 0.0754. The number of rotatable bonds is 1. The van der Waals surface area contributed by atoms with Crippen molar-refractivity contribution in [3.63, 3.8) is 0 Å². The lowest BCUT2D eigenvalue weighted by atomic mass is 10.1. The van der Waals surface area contributed by atoms with Gasteiger partial charge in [-0.15, -0.1) is 12.4 Å². The van der Waals surface area contributed by atoms with Crippen molar-refractivity contribution in [1.29, 1.82) is 0 Å². The Morgan fingerprint density at radius 1 is 1.19 bits per heavy atom. The van der Waals surface area contributed by atoms with Crippen LogP contribution in [0.4, 0.5) is 13.2 Å². The molecule has 0 unspecified atom stereocenters. The Morgan fingerprint density at radius 3 is 2.56 bits per heavy atom. The number of hydrogen-bond acceptors (Lipinski definition) is 2. The van der Waals surface area contributed by atoms with Gasteiger partial charge in [-0.1, -0.05) is 6.07 Å². The number of morpholine rings is 1. The zero-order chi connectivity index (χ0) is 10.8. The maximum atomic E-state index is 13.3. The van der Waals surface area contributed by atoms with E-state index in [1.165, 1.54) is 6.07 Å². The predicted octanol–water partition coefficient (Wildman–Crippen LogP) is 2.19. The quantitative estimate of drug-likeness (QED) is 0.775.